The van der Waals surface area contributed by atoms with E-state index < -0.39 is 0 Å². The number of nitrogens with one attached hydrogen (secondary N) is 1. The van der Waals surface area contributed by atoms with Gasteiger partial charge < -0.3 is 9.88 Å². The Bertz CT molecular complexity index is 606. The SMILES string of the molecule is c1ccc2c(c1)CCNC2CN1CCn2cnnc2C1. The normalized spacial score (nSPS) is 22.3. The van der Waals surface area contributed by atoms with Crippen LogP contribution in [-0.4, -0.2) is 39.3 Å². The molecule has 1 unspecified atom stereocenters. The molecule has 2 aromatic rings. The molecule has 1 aromatic carbocycles. The summed E-state index contributed by atoms with van der Waals surface area (Å²) in [6.45, 7) is 5.10. The molecule has 1 N–H and O–H groups in total. The molecule has 5 nitrogen and oxygen atoms in total. The average molecular weight is 269 g/mol. The first-order valence-corrected chi connectivity index (χ1v) is 7.30. The largest absolute Gasteiger partial charge is 0.315 e. The fraction of sp³-hybridized carbons (Fsp3) is 0.467. The Labute approximate surface area is 118 Å². The van der Waals surface area contributed by atoms with Crippen LogP contribution in [0.5, 0.6) is 0 Å². The molecule has 0 radical (unpaired) electrons. The van der Waals surface area contributed by atoms with E-state index in [9.17, 15) is 0 Å². The van der Waals surface area contributed by atoms with Crippen LogP contribution in [0.4, 0.5) is 0 Å². The van der Waals surface area contributed by atoms with Gasteiger partial charge in [-0.25, -0.2) is 0 Å². The molecular weight excluding hydrogens is 250 g/mol. The van der Waals surface area contributed by atoms with Crippen molar-refractivity contribution in [2.45, 2.75) is 25.6 Å². The van der Waals surface area contributed by atoms with Gasteiger partial charge in [-0.1, -0.05) is 24.3 Å². The maximum absolute atomic E-state index is 4.20. The van der Waals surface area contributed by atoms with Crippen LogP contribution in [0.15, 0.2) is 30.6 Å². The lowest BCUT2D eigenvalue weighted by Crippen LogP contribution is -2.42. The number of hydrogen-bond donors (Lipinski definition) is 1. The van der Waals surface area contributed by atoms with Gasteiger partial charge in [0.05, 0.1) is 6.54 Å². The van der Waals surface area contributed by atoms with E-state index in [0.29, 0.717) is 6.04 Å². The molecule has 2 aliphatic rings. The molecule has 0 bridgehead atoms. The van der Waals surface area contributed by atoms with Gasteiger partial charge >= 0.3 is 0 Å². The minimum absolute atomic E-state index is 0.439. The predicted molar refractivity (Wildman–Crippen MR) is 76.2 cm³/mol. The van der Waals surface area contributed by atoms with E-state index in [1.807, 2.05) is 6.33 Å². The van der Waals surface area contributed by atoms with Crippen LogP contribution in [0.1, 0.15) is 23.0 Å². The summed E-state index contributed by atoms with van der Waals surface area (Å²) in [5.41, 5.74) is 2.96. The van der Waals surface area contributed by atoms with Crippen LogP contribution in [0.3, 0.4) is 0 Å². The van der Waals surface area contributed by atoms with E-state index in [0.717, 1.165) is 45.0 Å². The van der Waals surface area contributed by atoms with Gasteiger partial charge in [0, 0.05) is 25.7 Å². The highest BCUT2D eigenvalue weighted by molar-refractivity contribution is 5.32. The highest BCUT2D eigenvalue weighted by Crippen LogP contribution is 2.24. The van der Waals surface area contributed by atoms with Gasteiger partial charge in [0.1, 0.15) is 12.2 Å². The van der Waals surface area contributed by atoms with Crippen molar-refractivity contribution in [1.29, 1.82) is 0 Å². The molecule has 3 heterocycles. The van der Waals surface area contributed by atoms with Crippen molar-refractivity contribution in [1.82, 2.24) is 25.0 Å². The Morgan fingerprint density at radius 3 is 3.20 bits per heavy atom. The molecule has 0 saturated heterocycles. The first-order valence-electron chi connectivity index (χ1n) is 7.30. The van der Waals surface area contributed by atoms with Crippen LogP contribution >= 0.6 is 0 Å². The summed E-state index contributed by atoms with van der Waals surface area (Å²) in [5.74, 6) is 1.08. The molecular formula is C15H19N5. The van der Waals surface area contributed by atoms with Gasteiger partial charge in [-0.2, -0.15) is 0 Å². The zero-order chi connectivity index (χ0) is 13.4. The predicted octanol–water partition coefficient (Wildman–Crippen LogP) is 0.981. The van der Waals surface area contributed by atoms with Gasteiger partial charge in [0.25, 0.3) is 0 Å². The van der Waals surface area contributed by atoms with Crippen molar-refractivity contribution >= 4 is 0 Å². The van der Waals surface area contributed by atoms with Crippen LogP contribution < -0.4 is 5.32 Å². The fourth-order valence-electron chi connectivity index (χ4n) is 3.29. The molecule has 0 aliphatic carbocycles. The third kappa shape index (κ3) is 2.13. The highest BCUT2D eigenvalue weighted by Gasteiger charge is 2.24. The zero-order valence-electron chi connectivity index (χ0n) is 11.5. The topological polar surface area (TPSA) is 46.0 Å². The minimum Gasteiger partial charge on any atom is -0.315 e. The van der Waals surface area contributed by atoms with Gasteiger partial charge in [-0.15, -0.1) is 10.2 Å². The second-order valence-corrected chi connectivity index (χ2v) is 5.63. The Morgan fingerprint density at radius 1 is 1.25 bits per heavy atom. The number of benzene rings is 1. The lowest BCUT2D eigenvalue weighted by atomic mass is 9.94. The number of nitrogens with zero attached hydrogens (tertiary/aromatic N) is 4. The molecule has 0 amide bonds. The number of hydrogen-bond acceptors (Lipinski definition) is 4. The van der Waals surface area contributed by atoms with Crippen molar-refractivity contribution in [2.24, 2.45) is 0 Å². The molecule has 5 heteroatoms. The Kier molecular flexibility index (Phi) is 3.01. The van der Waals surface area contributed by atoms with Crippen LogP contribution in [0.25, 0.3) is 0 Å². The van der Waals surface area contributed by atoms with Crippen molar-refractivity contribution in [3.05, 3.63) is 47.5 Å². The lowest BCUT2D eigenvalue weighted by Gasteiger charge is -2.34. The van der Waals surface area contributed by atoms with E-state index >= 15 is 0 Å². The van der Waals surface area contributed by atoms with Crippen LogP contribution in [-0.2, 0) is 19.5 Å². The summed E-state index contributed by atoms with van der Waals surface area (Å²) in [5, 5.41) is 11.8. The molecule has 1 atom stereocenters. The maximum Gasteiger partial charge on any atom is 0.147 e. The molecule has 20 heavy (non-hydrogen) atoms. The van der Waals surface area contributed by atoms with Crippen molar-refractivity contribution in [3.63, 3.8) is 0 Å². The standard InChI is InChI=1S/C15H19N5/c1-2-4-13-12(3-1)5-6-16-14(13)9-19-7-8-20-11-17-18-15(20)10-19/h1-4,11,14,16H,5-10H2. The molecule has 104 valence electrons. The first-order chi connectivity index (χ1) is 9.90. The number of fused-ring (bicyclic) bond motifs is 2. The second-order valence-electron chi connectivity index (χ2n) is 5.63. The van der Waals surface area contributed by atoms with Crippen molar-refractivity contribution in [2.75, 3.05) is 19.6 Å². The van der Waals surface area contributed by atoms with E-state index in [-0.39, 0.29) is 0 Å². The van der Waals surface area contributed by atoms with Crippen LogP contribution in [0.2, 0.25) is 0 Å². The summed E-state index contributed by atoms with van der Waals surface area (Å²) in [6.07, 6.45) is 2.97. The monoisotopic (exact) mass is 269 g/mol. The molecule has 0 saturated carbocycles. The molecule has 0 fully saturated rings. The number of rotatable bonds is 2. The van der Waals surface area contributed by atoms with E-state index in [2.05, 4.69) is 49.2 Å². The van der Waals surface area contributed by atoms with Crippen molar-refractivity contribution in [3.8, 4) is 0 Å². The summed E-state index contributed by atoms with van der Waals surface area (Å²) < 4.78 is 2.15. The zero-order valence-corrected chi connectivity index (χ0v) is 11.5. The van der Waals surface area contributed by atoms with E-state index in [1.54, 1.807) is 0 Å². The molecule has 0 spiro atoms. The Balaban J connectivity index is 1.51. The third-order valence-corrected chi connectivity index (χ3v) is 4.37. The van der Waals surface area contributed by atoms with Crippen LogP contribution in [0, 0.1) is 0 Å². The molecule has 1 aromatic heterocycles. The quantitative estimate of drug-likeness (QED) is 0.883. The Hall–Kier alpha value is -1.72. The molecule has 2 aliphatic heterocycles. The third-order valence-electron chi connectivity index (χ3n) is 4.37. The van der Waals surface area contributed by atoms with Gasteiger partial charge in [-0.3, -0.25) is 4.90 Å². The maximum atomic E-state index is 4.20. The molecule has 4 rings (SSSR count). The summed E-state index contributed by atoms with van der Waals surface area (Å²) in [7, 11) is 0. The van der Waals surface area contributed by atoms with Gasteiger partial charge in [0.15, 0.2) is 0 Å². The number of aromatic nitrogens is 3. The highest BCUT2D eigenvalue weighted by atomic mass is 15.3. The smallest absolute Gasteiger partial charge is 0.147 e. The summed E-state index contributed by atoms with van der Waals surface area (Å²) in [4.78, 5) is 2.48. The fourth-order valence-corrected chi connectivity index (χ4v) is 3.29. The van der Waals surface area contributed by atoms with Gasteiger partial charge in [-0.05, 0) is 24.1 Å². The second kappa shape index (κ2) is 5.00. The van der Waals surface area contributed by atoms with Crippen molar-refractivity contribution < 1.29 is 0 Å². The Morgan fingerprint density at radius 2 is 2.20 bits per heavy atom. The minimum atomic E-state index is 0.439. The van der Waals surface area contributed by atoms with E-state index in [4.69, 9.17) is 0 Å². The first kappa shape index (κ1) is 12.1. The summed E-state index contributed by atoms with van der Waals surface area (Å²) >= 11 is 0. The average Bonchev–Trinajstić information content (AvgIpc) is 2.95. The summed E-state index contributed by atoms with van der Waals surface area (Å²) in [6, 6.07) is 9.25. The lowest BCUT2D eigenvalue weighted by molar-refractivity contribution is 0.192. The van der Waals surface area contributed by atoms with E-state index in [1.165, 1.54) is 11.1 Å². The van der Waals surface area contributed by atoms with Gasteiger partial charge in [0.2, 0.25) is 0 Å².